The van der Waals surface area contributed by atoms with Crippen molar-refractivity contribution in [1.29, 1.82) is 5.26 Å². The molecule has 0 bridgehead atoms. The third-order valence-corrected chi connectivity index (χ3v) is 5.45. The maximum atomic E-state index is 13.2. The molecule has 4 rings (SSSR count). The number of nitriles is 1. The van der Waals surface area contributed by atoms with Gasteiger partial charge in [0.15, 0.2) is 0 Å². The second-order valence-corrected chi connectivity index (χ2v) is 8.34. The minimum absolute atomic E-state index is 0.0172. The first-order valence-corrected chi connectivity index (χ1v) is 10.8. The lowest BCUT2D eigenvalue weighted by atomic mass is 9.95. The molecular formula is C27H23N3O4. The van der Waals surface area contributed by atoms with Crippen LogP contribution in [-0.4, -0.2) is 28.4 Å². The first-order chi connectivity index (χ1) is 16.4. The van der Waals surface area contributed by atoms with E-state index in [1.54, 1.807) is 73.1 Å². The van der Waals surface area contributed by atoms with Gasteiger partial charge in [-0.15, -0.1) is 0 Å². The number of carbonyl (C=O) groups is 2. The molecule has 34 heavy (non-hydrogen) atoms. The number of benzene rings is 2. The predicted molar refractivity (Wildman–Crippen MR) is 127 cm³/mol. The van der Waals surface area contributed by atoms with Gasteiger partial charge in [-0.25, -0.2) is 0 Å². The highest BCUT2D eigenvalue weighted by atomic mass is 16.5. The monoisotopic (exact) mass is 453 g/mol. The summed E-state index contributed by atoms with van der Waals surface area (Å²) in [6.07, 6.45) is 3.13. The van der Waals surface area contributed by atoms with Crippen LogP contribution in [0, 0.1) is 17.2 Å². The molecule has 1 aliphatic rings. The van der Waals surface area contributed by atoms with Crippen molar-refractivity contribution < 1.29 is 19.4 Å². The summed E-state index contributed by atoms with van der Waals surface area (Å²) < 4.78 is 5.69. The van der Waals surface area contributed by atoms with Crippen molar-refractivity contribution in [2.45, 2.75) is 19.9 Å². The Balaban J connectivity index is 1.79. The topological polar surface area (TPSA) is 104 Å². The van der Waals surface area contributed by atoms with Crippen LogP contribution in [-0.2, 0) is 9.59 Å². The van der Waals surface area contributed by atoms with Crippen LogP contribution >= 0.6 is 0 Å². The van der Waals surface area contributed by atoms with Gasteiger partial charge in [0, 0.05) is 23.6 Å². The highest BCUT2D eigenvalue weighted by Crippen LogP contribution is 2.42. The molecule has 1 atom stereocenters. The first kappa shape index (κ1) is 22.7. The fourth-order valence-electron chi connectivity index (χ4n) is 3.78. The number of ketones is 1. The Kier molecular flexibility index (Phi) is 6.42. The maximum absolute atomic E-state index is 13.2. The van der Waals surface area contributed by atoms with E-state index in [-0.39, 0.29) is 11.3 Å². The van der Waals surface area contributed by atoms with Crippen molar-refractivity contribution >= 4 is 23.1 Å². The number of carbonyl (C=O) groups excluding carboxylic acids is 2. The van der Waals surface area contributed by atoms with Gasteiger partial charge in [-0.3, -0.25) is 19.5 Å². The molecule has 1 amide bonds. The molecule has 1 saturated heterocycles. The van der Waals surface area contributed by atoms with Gasteiger partial charge in [0.2, 0.25) is 0 Å². The molecule has 1 unspecified atom stereocenters. The summed E-state index contributed by atoms with van der Waals surface area (Å²) in [6.45, 7) is 4.65. The van der Waals surface area contributed by atoms with Crippen molar-refractivity contribution in [2.75, 3.05) is 11.5 Å². The Bertz CT molecular complexity index is 1270. The first-order valence-electron chi connectivity index (χ1n) is 10.8. The van der Waals surface area contributed by atoms with Gasteiger partial charge in [0.05, 0.1) is 29.9 Å². The predicted octanol–water partition coefficient (Wildman–Crippen LogP) is 4.61. The quantitative estimate of drug-likeness (QED) is 0.332. The summed E-state index contributed by atoms with van der Waals surface area (Å²) in [5.41, 5.74) is 1.88. The number of aliphatic hydroxyl groups is 1. The van der Waals surface area contributed by atoms with Crippen LogP contribution in [0.1, 0.15) is 36.6 Å². The highest BCUT2D eigenvalue weighted by molar-refractivity contribution is 6.51. The number of aromatic nitrogens is 1. The molecule has 1 N–H and O–H groups in total. The Morgan fingerprint density at radius 2 is 1.71 bits per heavy atom. The number of amides is 1. The van der Waals surface area contributed by atoms with E-state index in [0.717, 1.165) is 0 Å². The average Bonchev–Trinajstić information content (AvgIpc) is 3.13. The fraction of sp³-hybridized carbons (Fsp3) is 0.185. The number of aliphatic hydroxyl groups excluding tert-OH is 1. The SMILES string of the molecule is CC(C)COc1ccc(/C(O)=C2/C(=O)C(=O)N(c3ccc(C#N)cc3)C2c2ccncc2)cc1. The van der Waals surface area contributed by atoms with Crippen LogP contribution in [0.4, 0.5) is 5.69 Å². The summed E-state index contributed by atoms with van der Waals surface area (Å²) in [5.74, 6) is -0.805. The summed E-state index contributed by atoms with van der Waals surface area (Å²) in [6, 6.07) is 17.7. The van der Waals surface area contributed by atoms with Gasteiger partial charge < -0.3 is 9.84 Å². The standard InChI is InChI=1S/C27H23N3O4/c1-17(2)16-34-22-9-5-20(6-10-22)25(31)23-24(19-11-13-29-14-12-19)30(27(33)26(23)32)21-7-3-18(15-28)4-8-21/h3-14,17,24,31H,16H2,1-2H3/b25-23-. The van der Waals surface area contributed by atoms with Crippen LogP contribution < -0.4 is 9.64 Å². The van der Waals surface area contributed by atoms with Crippen molar-refractivity contribution in [3.05, 3.63) is 95.3 Å². The molecule has 3 aromatic rings. The smallest absolute Gasteiger partial charge is 0.300 e. The second-order valence-electron chi connectivity index (χ2n) is 8.34. The molecule has 2 aromatic carbocycles. The van der Waals surface area contributed by atoms with E-state index in [1.165, 1.54) is 4.90 Å². The van der Waals surface area contributed by atoms with Crippen molar-refractivity contribution in [3.63, 3.8) is 0 Å². The van der Waals surface area contributed by atoms with Gasteiger partial charge in [-0.2, -0.15) is 5.26 Å². The van der Waals surface area contributed by atoms with Crippen LogP contribution in [0.2, 0.25) is 0 Å². The second kappa shape index (κ2) is 9.59. The normalized spacial score (nSPS) is 17.1. The minimum Gasteiger partial charge on any atom is -0.507 e. The summed E-state index contributed by atoms with van der Waals surface area (Å²) in [4.78, 5) is 31.6. The largest absolute Gasteiger partial charge is 0.507 e. The van der Waals surface area contributed by atoms with Crippen LogP contribution in [0.5, 0.6) is 5.75 Å². The number of nitrogens with zero attached hydrogens (tertiary/aromatic N) is 3. The average molecular weight is 453 g/mol. The van der Waals surface area contributed by atoms with Crippen LogP contribution in [0.15, 0.2) is 78.6 Å². The molecule has 1 aromatic heterocycles. The third-order valence-electron chi connectivity index (χ3n) is 5.45. The summed E-state index contributed by atoms with van der Waals surface area (Å²) in [5, 5.41) is 20.3. The van der Waals surface area contributed by atoms with Gasteiger partial charge in [0.1, 0.15) is 11.5 Å². The zero-order valence-corrected chi connectivity index (χ0v) is 18.8. The molecule has 0 radical (unpaired) electrons. The van der Waals surface area contributed by atoms with Gasteiger partial charge >= 0.3 is 0 Å². The van der Waals surface area contributed by atoms with E-state index < -0.39 is 17.7 Å². The van der Waals surface area contributed by atoms with Crippen LogP contribution in [0.3, 0.4) is 0 Å². The molecule has 1 fully saturated rings. The molecule has 170 valence electrons. The molecular weight excluding hydrogens is 430 g/mol. The number of anilines is 1. The number of pyridine rings is 1. The lowest BCUT2D eigenvalue weighted by Gasteiger charge is -2.25. The van der Waals surface area contributed by atoms with Crippen molar-refractivity contribution in [2.24, 2.45) is 5.92 Å². The number of Topliss-reactive ketones (excluding diaryl/α,β-unsaturated/α-hetero) is 1. The maximum Gasteiger partial charge on any atom is 0.300 e. The lowest BCUT2D eigenvalue weighted by Crippen LogP contribution is -2.29. The van der Waals surface area contributed by atoms with E-state index >= 15 is 0 Å². The summed E-state index contributed by atoms with van der Waals surface area (Å²) in [7, 11) is 0. The molecule has 7 nitrogen and oxygen atoms in total. The zero-order chi connectivity index (χ0) is 24.2. The van der Waals surface area contributed by atoms with Crippen LogP contribution in [0.25, 0.3) is 5.76 Å². The molecule has 0 saturated carbocycles. The minimum atomic E-state index is -0.854. The van der Waals surface area contributed by atoms with Gasteiger partial charge in [-0.05, 0) is 72.1 Å². The fourth-order valence-corrected chi connectivity index (χ4v) is 3.78. The summed E-state index contributed by atoms with van der Waals surface area (Å²) >= 11 is 0. The van der Waals surface area contributed by atoms with E-state index in [4.69, 9.17) is 10.00 Å². The Morgan fingerprint density at radius 1 is 1.06 bits per heavy atom. The third kappa shape index (κ3) is 4.39. The zero-order valence-electron chi connectivity index (χ0n) is 18.8. The molecule has 0 spiro atoms. The van der Waals surface area contributed by atoms with E-state index in [1.807, 2.05) is 19.9 Å². The number of ether oxygens (including phenoxy) is 1. The molecule has 7 heteroatoms. The molecule has 1 aliphatic heterocycles. The molecule has 2 heterocycles. The molecule has 0 aliphatic carbocycles. The Morgan fingerprint density at radius 3 is 2.29 bits per heavy atom. The highest BCUT2D eigenvalue weighted by Gasteiger charge is 2.46. The van der Waals surface area contributed by atoms with Crippen molar-refractivity contribution in [3.8, 4) is 11.8 Å². The Hall–Kier alpha value is -4.44. The number of hydrogen-bond acceptors (Lipinski definition) is 6. The number of hydrogen-bond donors (Lipinski definition) is 1. The number of rotatable bonds is 6. The van der Waals surface area contributed by atoms with Gasteiger partial charge in [0.25, 0.3) is 11.7 Å². The van der Waals surface area contributed by atoms with E-state index in [0.29, 0.717) is 40.7 Å². The Labute approximate surface area is 197 Å². The van der Waals surface area contributed by atoms with E-state index in [9.17, 15) is 14.7 Å². The lowest BCUT2D eigenvalue weighted by molar-refractivity contribution is -0.132. The van der Waals surface area contributed by atoms with Gasteiger partial charge in [-0.1, -0.05) is 13.8 Å². The van der Waals surface area contributed by atoms with E-state index in [2.05, 4.69) is 4.98 Å². The van der Waals surface area contributed by atoms with Crippen molar-refractivity contribution in [1.82, 2.24) is 4.98 Å².